The molecule has 2 atom stereocenters. The first-order valence-corrected chi connectivity index (χ1v) is 12.6. The van der Waals surface area contributed by atoms with E-state index >= 15 is 0 Å². The summed E-state index contributed by atoms with van der Waals surface area (Å²) < 4.78 is 10.9. The van der Waals surface area contributed by atoms with Crippen molar-refractivity contribution in [2.45, 2.75) is 45.6 Å². The zero-order chi connectivity index (χ0) is 25.5. The molecule has 0 bridgehead atoms. The van der Waals surface area contributed by atoms with E-state index < -0.39 is 11.3 Å². The Kier molecular flexibility index (Phi) is 8.08. The largest absolute Gasteiger partial charge is 0.496 e. The van der Waals surface area contributed by atoms with Crippen LogP contribution in [-0.4, -0.2) is 42.9 Å². The van der Waals surface area contributed by atoms with Gasteiger partial charge in [0.05, 0.1) is 20.3 Å². The molecule has 0 unspecified atom stereocenters. The van der Waals surface area contributed by atoms with Gasteiger partial charge in [0, 0.05) is 24.6 Å². The summed E-state index contributed by atoms with van der Waals surface area (Å²) >= 11 is 0. The lowest BCUT2D eigenvalue weighted by Gasteiger charge is -2.44. The number of rotatable bonds is 10. The Morgan fingerprint density at radius 1 is 1.11 bits per heavy atom. The average Bonchev–Trinajstić information content (AvgIpc) is 3.32. The summed E-state index contributed by atoms with van der Waals surface area (Å²) in [7, 11) is 1.62. The summed E-state index contributed by atoms with van der Waals surface area (Å²) in [5, 5.41) is 2.95. The van der Waals surface area contributed by atoms with Crippen molar-refractivity contribution < 1.29 is 23.9 Å². The molecule has 36 heavy (non-hydrogen) atoms. The number of para-hydroxylation sites is 1. The fourth-order valence-corrected chi connectivity index (χ4v) is 5.39. The molecule has 0 spiro atoms. The van der Waals surface area contributed by atoms with E-state index in [9.17, 15) is 14.4 Å². The predicted octanol–water partition coefficient (Wildman–Crippen LogP) is 4.02. The second-order valence-electron chi connectivity index (χ2n) is 9.36. The van der Waals surface area contributed by atoms with Crippen molar-refractivity contribution >= 4 is 17.8 Å². The zero-order valence-electron chi connectivity index (χ0n) is 21.0. The molecule has 7 heteroatoms. The lowest BCUT2D eigenvalue weighted by Crippen LogP contribution is -2.52. The molecule has 2 aromatic rings. The topological polar surface area (TPSA) is 84.9 Å². The van der Waals surface area contributed by atoms with Gasteiger partial charge in [0.1, 0.15) is 11.2 Å². The summed E-state index contributed by atoms with van der Waals surface area (Å²) in [6.07, 6.45) is 4.22. The number of carbonyl (C=O) groups excluding carboxylic acids is 3. The highest BCUT2D eigenvalue weighted by Gasteiger charge is 2.55. The van der Waals surface area contributed by atoms with Gasteiger partial charge in [-0.2, -0.15) is 0 Å². The average molecular weight is 491 g/mol. The first-order valence-electron chi connectivity index (χ1n) is 12.6. The van der Waals surface area contributed by atoms with Crippen molar-refractivity contribution in [2.75, 3.05) is 20.3 Å². The number of benzene rings is 2. The van der Waals surface area contributed by atoms with Crippen molar-refractivity contribution in [2.24, 2.45) is 11.3 Å². The van der Waals surface area contributed by atoms with Crippen LogP contribution in [0.3, 0.4) is 0 Å². The van der Waals surface area contributed by atoms with Crippen LogP contribution >= 0.6 is 0 Å². The number of methoxy groups -OCH3 is 1. The molecule has 1 heterocycles. The number of likely N-dealkylation sites (tertiary alicyclic amines) is 1. The fourth-order valence-electron chi connectivity index (χ4n) is 5.39. The Bertz CT molecular complexity index is 1130. The van der Waals surface area contributed by atoms with E-state index in [0.29, 0.717) is 38.8 Å². The van der Waals surface area contributed by atoms with Gasteiger partial charge in [-0.15, -0.1) is 0 Å². The maximum Gasteiger partial charge on any atom is 0.318 e. The Hall–Kier alpha value is -3.61. The second kappa shape index (κ2) is 11.4. The highest BCUT2D eigenvalue weighted by atomic mass is 16.5. The van der Waals surface area contributed by atoms with Crippen LogP contribution in [0.1, 0.15) is 43.7 Å². The summed E-state index contributed by atoms with van der Waals surface area (Å²) in [4.78, 5) is 41.5. The molecule has 2 aromatic carbocycles. The Labute approximate surface area is 212 Å². The van der Waals surface area contributed by atoms with Gasteiger partial charge in [-0.3, -0.25) is 14.4 Å². The third kappa shape index (κ3) is 5.30. The number of amides is 2. The van der Waals surface area contributed by atoms with Crippen molar-refractivity contribution in [3.8, 4) is 5.75 Å². The molecule has 0 saturated carbocycles. The SMILES string of the molecule is CCOC(=O)[C@]12CCC=C1N(Cc1ccccc1)C(=O)[C@H](CC(=O)NCCc1ccccc1OC)C2. The Morgan fingerprint density at radius 2 is 1.86 bits per heavy atom. The molecule has 0 aromatic heterocycles. The van der Waals surface area contributed by atoms with Crippen molar-refractivity contribution in [1.82, 2.24) is 10.2 Å². The molecule has 1 N–H and O–H groups in total. The molecule has 2 amide bonds. The standard InChI is InChI=1S/C29H34N2O5/c1-3-36-28(34)29-16-9-14-25(29)31(20-21-10-5-4-6-11-21)27(33)23(19-29)18-26(32)30-17-15-22-12-7-8-13-24(22)35-2/h4-8,10-14,23H,3,9,15-20H2,1-2H3,(H,30,32)/t23-,29+/m1/s1. The number of piperidine rings is 1. The van der Waals surface area contributed by atoms with Gasteiger partial charge in [0.25, 0.3) is 0 Å². The van der Waals surface area contributed by atoms with E-state index in [1.807, 2.05) is 60.7 Å². The van der Waals surface area contributed by atoms with Crippen LogP contribution in [0.2, 0.25) is 0 Å². The van der Waals surface area contributed by atoms with Crippen molar-refractivity contribution in [3.63, 3.8) is 0 Å². The number of esters is 1. The summed E-state index contributed by atoms with van der Waals surface area (Å²) in [5.74, 6) is -0.442. The number of carbonyl (C=O) groups is 3. The van der Waals surface area contributed by atoms with Gasteiger partial charge in [-0.25, -0.2) is 0 Å². The smallest absolute Gasteiger partial charge is 0.318 e. The first kappa shape index (κ1) is 25.5. The van der Waals surface area contributed by atoms with Gasteiger partial charge >= 0.3 is 5.97 Å². The lowest BCUT2D eigenvalue weighted by molar-refractivity contribution is -0.161. The molecule has 190 valence electrons. The van der Waals surface area contributed by atoms with Crippen LogP contribution in [-0.2, 0) is 32.1 Å². The van der Waals surface area contributed by atoms with E-state index in [4.69, 9.17) is 9.47 Å². The number of nitrogens with zero attached hydrogens (tertiary/aromatic N) is 1. The maximum absolute atomic E-state index is 13.6. The lowest BCUT2D eigenvalue weighted by atomic mass is 9.71. The molecule has 1 fully saturated rings. The molecular weight excluding hydrogens is 456 g/mol. The number of hydrogen-bond acceptors (Lipinski definition) is 5. The van der Waals surface area contributed by atoms with Crippen LogP contribution in [0.25, 0.3) is 0 Å². The van der Waals surface area contributed by atoms with Crippen LogP contribution in [0.15, 0.2) is 66.4 Å². The van der Waals surface area contributed by atoms with Gasteiger partial charge in [0.2, 0.25) is 11.8 Å². The van der Waals surface area contributed by atoms with E-state index in [0.717, 1.165) is 22.6 Å². The predicted molar refractivity (Wildman–Crippen MR) is 136 cm³/mol. The van der Waals surface area contributed by atoms with E-state index in [1.54, 1.807) is 18.9 Å². The van der Waals surface area contributed by atoms with Gasteiger partial charge in [0.15, 0.2) is 0 Å². The van der Waals surface area contributed by atoms with E-state index in [2.05, 4.69) is 5.32 Å². The van der Waals surface area contributed by atoms with Crippen LogP contribution in [0.5, 0.6) is 5.75 Å². The molecule has 1 aliphatic carbocycles. The minimum atomic E-state index is -0.888. The highest BCUT2D eigenvalue weighted by Crippen LogP contribution is 2.51. The third-order valence-corrected chi connectivity index (χ3v) is 7.09. The summed E-state index contributed by atoms with van der Waals surface area (Å²) in [6.45, 7) is 2.85. The minimum absolute atomic E-state index is 0.0322. The molecule has 7 nitrogen and oxygen atoms in total. The van der Waals surface area contributed by atoms with Crippen molar-refractivity contribution in [1.29, 1.82) is 0 Å². The molecule has 4 rings (SSSR count). The first-order chi connectivity index (χ1) is 17.5. The van der Waals surface area contributed by atoms with Gasteiger partial charge < -0.3 is 19.7 Å². The second-order valence-corrected chi connectivity index (χ2v) is 9.36. The number of allylic oxidation sites excluding steroid dienone is 1. The molecule has 0 radical (unpaired) electrons. The summed E-state index contributed by atoms with van der Waals surface area (Å²) in [6, 6.07) is 17.4. The molecule has 1 aliphatic heterocycles. The van der Waals surface area contributed by atoms with Crippen molar-refractivity contribution in [3.05, 3.63) is 77.5 Å². The maximum atomic E-state index is 13.6. The quantitative estimate of drug-likeness (QED) is 0.509. The molecule has 1 saturated heterocycles. The Balaban J connectivity index is 1.49. The summed E-state index contributed by atoms with van der Waals surface area (Å²) in [5.41, 5.74) is 1.81. The zero-order valence-corrected chi connectivity index (χ0v) is 21.0. The Morgan fingerprint density at radius 3 is 2.61 bits per heavy atom. The number of nitrogens with one attached hydrogen (secondary N) is 1. The molecular formula is C29H34N2O5. The third-order valence-electron chi connectivity index (χ3n) is 7.09. The van der Waals surface area contributed by atoms with Crippen LogP contribution in [0.4, 0.5) is 0 Å². The van der Waals surface area contributed by atoms with Gasteiger partial charge in [-0.05, 0) is 49.8 Å². The van der Waals surface area contributed by atoms with E-state index in [-0.39, 0.29) is 30.8 Å². The van der Waals surface area contributed by atoms with Crippen LogP contribution in [0, 0.1) is 11.3 Å². The monoisotopic (exact) mass is 490 g/mol. The molecule has 2 aliphatic rings. The number of fused-ring (bicyclic) bond motifs is 1. The van der Waals surface area contributed by atoms with E-state index in [1.165, 1.54) is 0 Å². The normalized spacial score (nSPS) is 20.9. The highest BCUT2D eigenvalue weighted by molar-refractivity contribution is 5.92. The fraction of sp³-hybridized carbons (Fsp3) is 0.414. The van der Waals surface area contributed by atoms with Gasteiger partial charge in [-0.1, -0.05) is 54.6 Å². The number of ether oxygens (including phenoxy) is 2. The minimum Gasteiger partial charge on any atom is -0.496 e. The number of hydrogen-bond donors (Lipinski definition) is 1. The van der Waals surface area contributed by atoms with Crippen LogP contribution < -0.4 is 10.1 Å².